The van der Waals surface area contributed by atoms with Gasteiger partial charge in [-0.15, -0.1) is 0 Å². The van der Waals surface area contributed by atoms with Crippen molar-refractivity contribution in [1.29, 1.82) is 0 Å². The van der Waals surface area contributed by atoms with Crippen molar-refractivity contribution < 1.29 is 9.59 Å². The maximum Gasteiger partial charge on any atom is 0.226 e. The van der Waals surface area contributed by atoms with Crippen molar-refractivity contribution in [3.05, 3.63) is 24.3 Å². The van der Waals surface area contributed by atoms with Gasteiger partial charge < -0.3 is 20.4 Å². The topological polar surface area (TPSA) is 64.7 Å². The molecule has 0 aliphatic carbocycles. The van der Waals surface area contributed by atoms with Gasteiger partial charge in [-0.2, -0.15) is 0 Å². The summed E-state index contributed by atoms with van der Waals surface area (Å²) in [5.74, 6) is 0.352. The number of hydrogen-bond acceptors (Lipinski definition) is 4. The van der Waals surface area contributed by atoms with Crippen LogP contribution in [0.15, 0.2) is 24.3 Å². The number of carbonyl (C=O) groups excluding carboxylic acids is 2. The molecule has 0 radical (unpaired) electrons. The van der Waals surface area contributed by atoms with E-state index in [1.165, 1.54) is 0 Å². The minimum atomic E-state index is -0.0764. The van der Waals surface area contributed by atoms with E-state index in [9.17, 15) is 9.59 Å². The highest BCUT2D eigenvalue weighted by Crippen LogP contribution is 2.19. The Labute approximate surface area is 154 Å². The van der Waals surface area contributed by atoms with Gasteiger partial charge in [0.05, 0.1) is 0 Å². The predicted octanol–water partition coefficient (Wildman–Crippen LogP) is 2.21. The van der Waals surface area contributed by atoms with Crippen molar-refractivity contribution >= 4 is 40.5 Å². The SMILES string of the molecule is CC(=O)N1CCN(c2ccc(NC(=S)NC(=O)CC(C)C)cc2)CC1. The Morgan fingerprint density at radius 3 is 2.24 bits per heavy atom. The molecule has 2 N–H and O–H groups in total. The molecular formula is C18H26N4O2S. The van der Waals surface area contributed by atoms with E-state index in [4.69, 9.17) is 12.2 Å². The number of nitrogens with one attached hydrogen (secondary N) is 2. The van der Waals surface area contributed by atoms with Gasteiger partial charge in [-0.1, -0.05) is 13.8 Å². The average molecular weight is 362 g/mol. The van der Waals surface area contributed by atoms with Gasteiger partial charge in [0, 0.05) is 50.9 Å². The minimum absolute atomic E-state index is 0.0764. The first-order valence-electron chi connectivity index (χ1n) is 8.56. The smallest absolute Gasteiger partial charge is 0.226 e. The monoisotopic (exact) mass is 362 g/mol. The van der Waals surface area contributed by atoms with Crippen LogP contribution in [-0.2, 0) is 9.59 Å². The molecule has 6 nitrogen and oxygen atoms in total. The molecule has 1 aromatic rings. The lowest BCUT2D eigenvalue weighted by atomic mass is 10.1. The molecule has 1 aliphatic rings. The number of thiocarbonyl (C=S) groups is 1. The first-order chi connectivity index (χ1) is 11.8. The molecule has 2 amide bonds. The summed E-state index contributed by atoms with van der Waals surface area (Å²) in [7, 11) is 0. The van der Waals surface area contributed by atoms with Crippen molar-refractivity contribution in [2.45, 2.75) is 27.2 Å². The van der Waals surface area contributed by atoms with Gasteiger partial charge in [0.2, 0.25) is 11.8 Å². The van der Waals surface area contributed by atoms with Crippen molar-refractivity contribution in [2.75, 3.05) is 36.4 Å². The van der Waals surface area contributed by atoms with E-state index in [0.717, 1.165) is 37.6 Å². The molecule has 1 heterocycles. The summed E-state index contributed by atoms with van der Waals surface area (Å²) in [6.45, 7) is 8.75. The Balaban J connectivity index is 1.85. The number of carbonyl (C=O) groups is 2. The Bertz CT molecular complexity index is 622. The molecule has 2 rings (SSSR count). The fourth-order valence-corrected chi connectivity index (χ4v) is 2.98. The number of hydrogen-bond donors (Lipinski definition) is 2. The highest BCUT2D eigenvalue weighted by molar-refractivity contribution is 7.80. The quantitative estimate of drug-likeness (QED) is 0.804. The molecule has 0 unspecified atom stereocenters. The normalized spacial score (nSPS) is 14.4. The van der Waals surface area contributed by atoms with E-state index in [1.54, 1.807) is 6.92 Å². The van der Waals surface area contributed by atoms with Crippen LogP contribution in [0, 0.1) is 5.92 Å². The van der Waals surface area contributed by atoms with Crippen molar-refractivity contribution in [3.63, 3.8) is 0 Å². The van der Waals surface area contributed by atoms with E-state index in [-0.39, 0.29) is 11.8 Å². The summed E-state index contributed by atoms with van der Waals surface area (Å²) in [4.78, 5) is 27.2. The summed E-state index contributed by atoms with van der Waals surface area (Å²) >= 11 is 5.17. The number of benzene rings is 1. The molecule has 7 heteroatoms. The van der Waals surface area contributed by atoms with E-state index in [1.807, 2.05) is 43.0 Å². The second-order valence-electron chi connectivity index (χ2n) is 6.64. The molecule has 0 atom stereocenters. The summed E-state index contributed by atoms with van der Waals surface area (Å²) in [6.07, 6.45) is 0.451. The van der Waals surface area contributed by atoms with Gasteiger partial charge in [0.1, 0.15) is 0 Å². The van der Waals surface area contributed by atoms with Crippen LogP contribution in [0.2, 0.25) is 0 Å². The molecular weight excluding hydrogens is 336 g/mol. The molecule has 25 heavy (non-hydrogen) atoms. The van der Waals surface area contributed by atoms with Crippen LogP contribution < -0.4 is 15.5 Å². The third kappa shape index (κ3) is 6.01. The lowest BCUT2D eigenvalue weighted by Gasteiger charge is -2.35. The van der Waals surface area contributed by atoms with Crippen LogP contribution in [0.25, 0.3) is 0 Å². The molecule has 136 valence electrons. The first kappa shape index (κ1) is 19.2. The van der Waals surface area contributed by atoms with Gasteiger partial charge in [-0.3, -0.25) is 9.59 Å². The Morgan fingerprint density at radius 1 is 1.12 bits per heavy atom. The lowest BCUT2D eigenvalue weighted by molar-refractivity contribution is -0.129. The van der Waals surface area contributed by atoms with Crippen LogP contribution in [0.3, 0.4) is 0 Å². The zero-order valence-corrected chi connectivity index (χ0v) is 15.9. The number of amides is 2. The fourth-order valence-electron chi connectivity index (χ4n) is 2.75. The van der Waals surface area contributed by atoms with Crippen molar-refractivity contribution in [3.8, 4) is 0 Å². The largest absolute Gasteiger partial charge is 0.368 e. The van der Waals surface area contributed by atoms with E-state index >= 15 is 0 Å². The van der Waals surface area contributed by atoms with Crippen LogP contribution in [0.1, 0.15) is 27.2 Å². The average Bonchev–Trinajstić information content (AvgIpc) is 2.54. The molecule has 1 saturated heterocycles. The van der Waals surface area contributed by atoms with Crippen molar-refractivity contribution in [2.24, 2.45) is 5.92 Å². The van der Waals surface area contributed by atoms with Crippen LogP contribution in [0.4, 0.5) is 11.4 Å². The van der Waals surface area contributed by atoms with Crippen LogP contribution >= 0.6 is 12.2 Å². The molecule has 0 bridgehead atoms. The Hall–Kier alpha value is -2.15. The summed E-state index contributed by atoms with van der Waals surface area (Å²) < 4.78 is 0. The summed E-state index contributed by atoms with van der Waals surface area (Å²) in [5, 5.41) is 6.03. The predicted molar refractivity (Wildman–Crippen MR) is 105 cm³/mol. The number of rotatable bonds is 4. The minimum Gasteiger partial charge on any atom is -0.368 e. The second kappa shape index (κ2) is 8.80. The lowest BCUT2D eigenvalue weighted by Crippen LogP contribution is -2.48. The van der Waals surface area contributed by atoms with Gasteiger partial charge in [-0.05, 0) is 42.4 Å². The molecule has 1 aromatic carbocycles. The molecule has 0 aromatic heterocycles. The van der Waals surface area contributed by atoms with E-state index in [2.05, 4.69) is 15.5 Å². The third-order valence-corrected chi connectivity index (χ3v) is 4.27. The number of nitrogens with zero attached hydrogens (tertiary/aromatic N) is 2. The van der Waals surface area contributed by atoms with Crippen molar-refractivity contribution in [1.82, 2.24) is 10.2 Å². The Kier molecular flexibility index (Phi) is 6.75. The third-order valence-electron chi connectivity index (χ3n) is 4.06. The molecule has 1 aliphatic heterocycles. The Morgan fingerprint density at radius 2 is 1.72 bits per heavy atom. The van der Waals surface area contributed by atoms with Gasteiger partial charge in [-0.25, -0.2) is 0 Å². The number of piperazine rings is 1. The van der Waals surface area contributed by atoms with Crippen LogP contribution in [-0.4, -0.2) is 48.0 Å². The second-order valence-corrected chi connectivity index (χ2v) is 7.05. The zero-order valence-electron chi connectivity index (χ0n) is 15.0. The molecule has 0 spiro atoms. The highest BCUT2D eigenvalue weighted by atomic mass is 32.1. The van der Waals surface area contributed by atoms with Gasteiger partial charge >= 0.3 is 0 Å². The highest BCUT2D eigenvalue weighted by Gasteiger charge is 2.18. The standard InChI is InChI=1S/C18H26N4O2S/c1-13(2)12-17(24)20-18(25)19-15-4-6-16(7-5-15)22-10-8-21(9-11-22)14(3)23/h4-7,13H,8-12H2,1-3H3,(H2,19,20,24,25). The van der Waals surface area contributed by atoms with Gasteiger partial charge in [0.25, 0.3) is 0 Å². The van der Waals surface area contributed by atoms with E-state index in [0.29, 0.717) is 17.5 Å². The maximum atomic E-state index is 11.7. The van der Waals surface area contributed by atoms with E-state index < -0.39 is 0 Å². The first-order valence-corrected chi connectivity index (χ1v) is 8.97. The molecule has 1 fully saturated rings. The zero-order chi connectivity index (χ0) is 18.4. The molecule has 0 saturated carbocycles. The summed E-state index contributed by atoms with van der Waals surface area (Å²) in [5.41, 5.74) is 1.95. The fraction of sp³-hybridized carbons (Fsp3) is 0.500. The van der Waals surface area contributed by atoms with Crippen LogP contribution in [0.5, 0.6) is 0 Å². The van der Waals surface area contributed by atoms with Gasteiger partial charge in [0.15, 0.2) is 5.11 Å². The number of anilines is 2. The maximum absolute atomic E-state index is 11.7. The summed E-state index contributed by atoms with van der Waals surface area (Å²) in [6, 6.07) is 7.91.